The Hall–Kier alpha value is -2.71. The third-order valence-electron chi connectivity index (χ3n) is 4.94. The first-order valence-corrected chi connectivity index (χ1v) is 9.12. The Bertz CT molecular complexity index is 1160. The van der Waals surface area contributed by atoms with Crippen molar-refractivity contribution >= 4 is 28.2 Å². The fourth-order valence-electron chi connectivity index (χ4n) is 3.61. The average Bonchev–Trinajstić information content (AvgIpc) is 3.40. The van der Waals surface area contributed by atoms with Gasteiger partial charge in [-0.25, -0.2) is 4.98 Å². The topological polar surface area (TPSA) is 92.4 Å². The quantitative estimate of drug-likeness (QED) is 0.397. The van der Waals surface area contributed by atoms with Gasteiger partial charge in [-0.3, -0.25) is 4.40 Å². The second-order valence-electron chi connectivity index (χ2n) is 6.68. The molecule has 8 nitrogen and oxygen atoms in total. The number of halogens is 1. The summed E-state index contributed by atoms with van der Waals surface area (Å²) in [6.45, 7) is 2.51. The lowest BCUT2D eigenvalue weighted by atomic mass is 10.2. The SMILES string of the molecule is Cc1c2c(-c3noc(CC4CCCO4)n3)ncn2c2ccc(Cl)cc2[n+]1[O-]. The minimum Gasteiger partial charge on any atom is -0.618 e. The molecule has 1 aliphatic heterocycles. The number of hydrogen-bond donors (Lipinski definition) is 0. The summed E-state index contributed by atoms with van der Waals surface area (Å²) in [5.41, 5.74) is 2.82. The van der Waals surface area contributed by atoms with Gasteiger partial charge in [0.15, 0.2) is 0 Å². The molecule has 5 rings (SSSR count). The Morgan fingerprint density at radius 1 is 1.41 bits per heavy atom. The molecule has 1 aromatic carbocycles. The van der Waals surface area contributed by atoms with Crippen LogP contribution < -0.4 is 4.73 Å². The molecule has 0 amide bonds. The fraction of sp³-hybridized carbons (Fsp3) is 0.333. The van der Waals surface area contributed by atoms with Gasteiger partial charge in [-0.2, -0.15) is 9.71 Å². The Morgan fingerprint density at radius 2 is 2.30 bits per heavy atom. The molecule has 4 aromatic rings. The number of benzene rings is 1. The van der Waals surface area contributed by atoms with Gasteiger partial charge in [-0.15, -0.1) is 0 Å². The van der Waals surface area contributed by atoms with Crippen molar-refractivity contribution in [3.8, 4) is 11.5 Å². The standard InChI is InChI=1S/C18H16ClN5O3/c1-10-17-16(18-21-15(27-22-18)8-12-3-2-6-26-12)20-9-23(17)13-5-4-11(19)7-14(13)24(10)25/h4-5,7,9,12H,2-3,6,8H2,1H3. The van der Waals surface area contributed by atoms with Crippen LogP contribution in [0.25, 0.3) is 28.1 Å². The summed E-state index contributed by atoms with van der Waals surface area (Å²) in [7, 11) is 0. The summed E-state index contributed by atoms with van der Waals surface area (Å²) in [6, 6.07) is 5.18. The second-order valence-corrected chi connectivity index (χ2v) is 7.11. The van der Waals surface area contributed by atoms with E-state index in [1.54, 1.807) is 31.5 Å². The lowest BCUT2D eigenvalue weighted by Gasteiger charge is -2.08. The molecule has 0 saturated carbocycles. The van der Waals surface area contributed by atoms with Crippen molar-refractivity contribution in [3.63, 3.8) is 0 Å². The van der Waals surface area contributed by atoms with E-state index in [2.05, 4.69) is 15.1 Å². The lowest BCUT2D eigenvalue weighted by molar-refractivity contribution is -0.583. The third kappa shape index (κ3) is 2.64. The maximum absolute atomic E-state index is 12.7. The first-order chi connectivity index (χ1) is 13.1. The largest absolute Gasteiger partial charge is 0.618 e. The van der Waals surface area contributed by atoms with E-state index in [4.69, 9.17) is 20.9 Å². The molecular weight excluding hydrogens is 370 g/mol. The molecule has 1 unspecified atom stereocenters. The molecule has 1 aliphatic rings. The Labute approximate surface area is 158 Å². The van der Waals surface area contributed by atoms with Crippen LogP contribution in [0.5, 0.6) is 0 Å². The van der Waals surface area contributed by atoms with Crippen LogP contribution in [0, 0.1) is 12.1 Å². The van der Waals surface area contributed by atoms with E-state index in [0.29, 0.717) is 51.1 Å². The van der Waals surface area contributed by atoms with Crippen LogP contribution in [0.4, 0.5) is 0 Å². The van der Waals surface area contributed by atoms with Crippen LogP contribution in [0.15, 0.2) is 29.0 Å². The lowest BCUT2D eigenvalue weighted by Crippen LogP contribution is -2.32. The molecular formula is C18H16ClN5O3. The normalized spacial score (nSPS) is 17.3. The highest BCUT2D eigenvalue weighted by Crippen LogP contribution is 2.27. The minimum atomic E-state index is 0.122. The van der Waals surface area contributed by atoms with E-state index in [9.17, 15) is 5.21 Å². The monoisotopic (exact) mass is 385 g/mol. The minimum absolute atomic E-state index is 0.122. The number of aryl methyl sites for hydroxylation is 1. The van der Waals surface area contributed by atoms with Crippen molar-refractivity contribution < 1.29 is 14.0 Å². The Balaban J connectivity index is 1.63. The molecule has 1 saturated heterocycles. The van der Waals surface area contributed by atoms with Crippen LogP contribution in [0.2, 0.25) is 5.02 Å². The summed E-state index contributed by atoms with van der Waals surface area (Å²) < 4.78 is 13.7. The second kappa shape index (κ2) is 6.17. The third-order valence-corrected chi connectivity index (χ3v) is 5.17. The van der Waals surface area contributed by atoms with Crippen molar-refractivity contribution in [1.29, 1.82) is 0 Å². The van der Waals surface area contributed by atoms with Gasteiger partial charge in [-0.05, 0) is 25.0 Å². The number of aromatic nitrogens is 5. The maximum atomic E-state index is 12.7. The molecule has 1 atom stereocenters. The zero-order valence-corrected chi connectivity index (χ0v) is 15.3. The number of hydrogen-bond acceptors (Lipinski definition) is 6. The number of rotatable bonds is 3. The number of ether oxygens (including phenoxy) is 1. The van der Waals surface area contributed by atoms with Crippen molar-refractivity contribution in [2.24, 2.45) is 0 Å². The van der Waals surface area contributed by atoms with Crippen molar-refractivity contribution in [2.45, 2.75) is 32.3 Å². The molecule has 0 N–H and O–H groups in total. The summed E-state index contributed by atoms with van der Waals surface area (Å²) >= 11 is 6.05. The van der Waals surface area contributed by atoms with Gasteiger partial charge in [0, 0.05) is 24.6 Å². The molecule has 0 spiro atoms. The van der Waals surface area contributed by atoms with Crippen LogP contribution in [0.1, 0.15) is 24.4 Å². The molecule has 0 aliphatic carbocycles. The van der Waals surface area contributed by atoms with Crippen LogP contribution in [0.3, 0.4) is 0 Å². The Morgan fingerprint density at radius 3 is 3.11 bits per heavy atom. The van der Waals surface area contributed by atoms with Crippen LogP contribution in [-0.4, -0.2) is 32.2 Å². The summed E-state index contributed by atoms with van der Waals surface area (Å²) in [4.78, 5) is 8.91. The van der Waals surface area contributed by atoms with E-state index in [1.165, 1.54) is 0 Å². The van der Waals surface area contributed by atoms with Crippen molar-refractivity contribution in [1.82, 2.24) is 19.5 Å². The van der Waals surface area contributed by atoms with E-state index < -0.39 is 0 Å². The molecule has 4 heterocycles. The van der Waals surface area contributed by atoms with Crippen molar-refractivity contribution in [3.05, 3.63) is 46.3 Å². The van der Waals surface area contributed by atoms with Crippen molar-refractivity contribution in [2.75, 3.05) is 6.61 Å². The molecule has 0 radical (unpaired) electrons. The predicted octanol–water partition coefficient (Wildman–Crippen LogP) is 2.85. The van der Waals surface area contributed by atoms with Gasteiger partial charge in [0.2, 0.25) is 22.9 Å². The van der Waals surface area contributed by atoms with E-state index in [1.807, 2.05) is 4.40 Å². The first-order valence-electron chi connectivity index (χ1n) is 8.75. The van der Waals surface area contributed by atoms with Gasteiger partial charge < -0.3 is 14.5 Å². The molecule has 138 valence electrons. The highest BCUT2D eigenvalue weighted by Gasteiger charge is 2.24. The van der Waals surface area contributed by atoms with E-state index in [-0.39, 0.29) is 6.10 Å². The number of fused-ring (bicyclic) bond motifs is 3. The highest BCUT2D eigenvalue weighted by molar-refractivity contribution is 6.31. The highest BCUT2D eigenvalue weighted by atomic mass is 35.5. The van der Waals surface area contributed by atoms with E-state index >= 15 is 0 Å². The van der Waals surface area contributed by atoms with Crippen LogP contribution in [-0.2, 0) is 11.2 Å². The van der Waals surface area contributed by atoms with Gasteiger partial charge in [0.25, 0.3) is 0 Å². The number of imidazole rings is 1. The Kier molecular flexibility index (Phi) is 3.76. The zero-order valence-electron chi connectivity index (χ0n) is 14.6. The molecule has 0 bridgehead atoms. The van der Waals surface area contributed by atoms with Gasteiger partial charge in [-0.1, -0.05) is 16.8 Å². The summed E-state index contributed by atoms with van der Waals surface area (Å²) in [5, 5.41) is 17.3. The maximum Gasteiger partial charge on any atom is 0.242 e. The van der Waals surface area contributed by atoms with Gasteiger partial charge in [0.1, 0.15) is 23.1 Å². The first kappa shape index (κ1) is 16.5. The zero-order chi connectivity index (χ0) is 18.5. The van der Waals surface area contributed by atoms with Gasteiger partial charge >= 0.3 is 0 Å². The molecule has 27 heavy (non-hydrogen) atoms. The molecule has 1 fully saturated rings. The van der Waals surface area contributed by atoms with E-state index in [0.717, 1.165) is 24.2 Å². The van der Waals surface area contributed by atoms with Crippen LogP contribution >= 0.6 is 11.6 Å². The fourth-order valence-corrected chi connectivity index (χ4v) is 3.78. The van der Waals surface area contributed by atoms with Gasteiger partial charge in [0.05, 0.1) is 12.5 Å². The molecule has 9 heteroatoms. The number of nitrogens with zero attached hydrogens (tertiary/aromatic N) is 5. The average molecular weight is 386 g/mol. The predicted molar refractivity (Wildman–Crippen MR) is 97.4 cm³/mol. The molecule has 3 aromatic heterocycles. The summed E-state index contributed by atoms with van der Waals surface area (Å²) in [5.74, 6) is 0.875. The smallest absolute Gasteiger partial charge is 0.242 e. The summed E-state index contributed by atoms with van der Waals surface area (Å²) in [6.07, 6.45) is 4.41.